The maximum absolute atomic E-state index is 14.3. The molecule has 142 valence electrons. The SMILES string of the molecule is COC(=O)[C@@]1(C(F)(F)F)N=C2C(Cl)=CC(Cl)=CN2C(c2ccccc2F)=N1. The van der Waals surface area contributed by atoms with Crippen LogP contribution >= 0.6 is 23.2 Å². The number of ether oxygens (including phenoxy) is 1. The van der Waals surface area contributed by atoms with E-state index in [2.05, 4.69) is 14.7 Å². The lowest BCUT2D eigenvalue weighted by molar-refractivity contribution is -0.202. The van der Waals surface area contributed by atoms with Crippen LogP contribution in [0.5, 0.6) is 0 Å². The molecule has 2 aliphatic rings. The Bertz CT molecular complexity index is 940. The van der Waals surface area contributed by atoms with Gasteiger partial charge in [0.1, 0.15) is 11.7 Å². The van der Waals surface area contributed by atoms with E-state index in [4.69, 9.17) is 23.2 Å². The summed E-state index contributed by atoms with van der Waals surface area (Å²) in [4.78, 5) is 19.9. The van der Waals surface area contributed by atoms with Crippen LogP contribution in [0, 0.1) is 5.82 Å². The second-order valence-corrected chi connectivity index (χ2v) is 6.23. The first-order valence-electron chi connectivity index (χ1n) is 7.24. The first kappa shape index (κ1) is 19.4. The summed E-state index contributed by atoms with van der Waals surface area (Å²) in [7, 11) is 0.760. The third-order valence-electron chi connectivity index (χ3n) is 3.70. The van der Waals surface area contributed by atoms with Crippen molar-refractivity contribution in [3.05, 3.63) is 58.0 Å². The molecule has 1 aromatic carbocycles. The summed E-state index contributed by atoms with van der Waals surface area (Å²) in [6.07, 6.45) is -2.98. The third kappa shape index (κ3) is 3.10. The van der Waals surface area contributed by atoms with Gasteiger partial charge in [0.15, 0.2) is 5.84 Å². The molecule has 1 aromatic rings. The van der Waals surface area contributed by atoms with Crippen LogP contribution in [-0.4, -0.2) is 41.5 Å². The normalized spacial score (nSPS) is 22.3. The summed E-state index contributed by atoms with van der Waals surface area (Å²) in [5.74, 6) is -3.68. The van der Waals surface area contributed by atoms with E-state index in [-0.39, 0.29) is 15.6 Å². The van der Waals surface area contributed by atoms with E-state index in [0.717, 1.165) is 30.4 Å². The second-order valence-electron chi connectivity index (χ2n) is 5.39. The topological polar surface area (TPSA) is 54.3 Å². The number of esters is 1. The van der Waals surface area contributed by atoms with Gasteiger partial charge in [-0.1, -0.05) is 35.3 Å². The van der Waals surface area contributed by atoms with Crippen molar-refractivity contribution in [3.63, 3.8) is 0 Å². The number of aliphatic imine (C=N–C) groups is 2. The van der Waals surface area contributed by atoms with Crippen LogP contribution in [0.3, 0.4) is 0 Å². The quantitative estimate of drug-likeness (QED) is 0.536. The van der Waals surface area contributed by atoms with E-state index >= 15 is 0 Å². The minimum absolute atomic E-state index is 0.0422. The molecule has 0 bridgehead atoms. The molecule has 1 atom stereocenters. The van der Waals surface area contributed by atoms with E-state index in [0.29, 0.717) is 0 Å². The Balaban J connectivity index is 2.36. The van der Waals surface area contributed by atoms with Gasteiger partial charge < -0.3 is 4.74 Å². The van der Waals surface area contributed by atoms with Crippen LogP contribution in [0.1, 0.15) is 5.56 Å². The summed E-state index contributed by atoms with van der Waals surface area (Å²) in [6, 6.07) is 4.97. The standard InChI is InChI=1S/C16H9Cl2F4N3O2/c1-27-14(26)15(16(20,21)22)23-12(9-4-2-3-5-11(9)19)25-7-8(17)6-10(18)13(25)24-15/h2-7H,1H3/t15-/m0/s1. The van der Waals surface area contributed by atoms with Crippen molar-refractivity contribution in [2.45, 2.75) is 11.8 Å². The number of carbonyl (C=O) groups excluding carboxylic acids is 1. The Morgan fingerprint density at radius 1 is 1.19 bits per heavy atom. The molecule has 11 heteroatoms. The van der Waals surface area contributed by atoms with E-state index < -0.39 is 35.3 Å². The van der Waals surface area contributed by atoms with Crippen LogP contribution in [0.2, 0.25) is 0 Å². The highest BCUT2D eigenvalue weighted by molar-refractivity contribution is 6.47. The molecular formula is C16H9Cl2F4N3O2. The number of hydrogen-bond donors (Lipinski definition) is 0. The highest BCUT2D eigenvalue weighted by Crippen LogP contribution is 2.41. The fourth-order valence-electron chi connectivity index (χ4n) is 2.49. The van der Waals surface area contributed by atoms with Gasteiger partial charge in [0, 0.05) is 6.20 Å². The zero-order chi connectivity index (χ0) is 20.0. The molecule has 0 radical (unpaired) electrons. The second kappa shape index (κ2) is 6.65. The number of fused-ring (bicyclic) bond motifs is 1. The molecule has 0 saturated carbocycles. The number of carbonyl (C=O) groups is 1. The van der Waals surface area contributed by atoms with Gasteiger partial charge in [-0.3, -0.25) is 4.90 Å². The van der Waals surface area contributed by atoms with Gasteiger partial charge in [-0.2, -0.15) is 13.2 Å². The van der Waals surface area contributed by atoms with Gasteiger partial charge in [-0.25, -0.2) is 19.2 Å². The lowest BCUT2D eigenvalue weighted by Crippen LogP contribution is -2.56. The predicted molar refractivity (Wildman–Crippen MR) is 90.9 cm³/mol. The van der Waals surface area contributed by atoms with Crippen molar-refractivity contribution >= 4 is 40.8 Å². The average Bonchev–Trinajstić information content (AvgIpc) is 2.60. The van der Waals surface area contributed by atoms with Crippen molar-refractivity contribution < 1.29 is 27.1 Å². The van der Waals surface area contributed by atoms with Crippen LogP contribution in [-0.2, 0) is 9.53 Å². The number of allylic oxidation sites excluding steroid dienone is 2. The first-order chi connectivity index (χ1) is 12.6. The smallest absolute Gasteiger partial charge is 0.445 e. The zero-order valence-electron chi connectivity index (χ0n) is 13.4. The van der Waals surface area contributed by atoms with E-state index in [9.17, 15) is 22.4 Å². The highest BCUT2D eigenvalue weighted by atomic mass is 35.5. The molecule has 27 heavy (non-hydrogen) atoms. The first-order valence-corrected chi connectivity index (χ1v) is 8.00. The lowest BCUT2D eigenvalue weighted by atomic mass is 10.1. The zero-order valence-corrected chi connectivity index (χ0v) is 14.9. The predicted octanol–water partition coefficient (Wildman–Crippen LogP) is 3.93. The molecule has 2 heterocycles. The van der Waals surface area contributed by atoms with Gasteiger partial charge in [0.2, 0.25) is 0 Å². The monoisotopic (exact) mass is 421 g/mol. The molecule has 0 aliphatic carbocycles. The van der Waals surface area contributed by atoms with Crippen molar-refractivity contribution in [1.29, 1.82) is 0 Å². The Kier molecular flexibility index (Phi) is 4.77. The van der Waals surface area contributed by atoms with E-state index in [1.165, 1.54) is 18.2 Å². The molecule has 5 nitrogen and oxygen atoms in total. The summed E-state index contributed by atoms with van der Waals surface area (Å²) >= 11 is 11.9. The molecule has 0 fully saturated rings. The largest absolute Gasteiger partial charge is 0.465 e. The summed E-state index contributed by atoms with van der Waals surface area (Å²) in [5, 5.41) is -0.246. The minimum atomic E-state index is -5.28. The van der Waals surface area contributed by atoms with Gasteiger partial charge in [-0.05, 0) is 18.2 Å². The van der Waals surface area contributed by atoms with E-state index in [1.54, 1.807) is 0 Å². The number of nitrogens with zero attached hydrogens (tertiary/aromatic N) is 3. The molecule has 0 saturated heterocycles. The number of methoxy groups -OCH3 is 1. The van der Waals surface area contributed by atoms with Gasteiger partial charge in [-0.15, -0.1) is 0 Å². The maximum atomic E-state index is 14.3. The molecule has 3 rings (SSSR count). The Hall–Kier alpha value is -2.39. The number of hydrogen-bond acceptors (Lipinski definition) is 5. The van der Waals surface area contributed by atoms with Crippen molar-refractivity contribution in [2.24, 2.45) is 9.98 Å². The summed E-state index contributed by atoms with van der Waals surface area (Å²) < 4.78 is 60.2. The third-order valence-corrected chi connectivity index (χ3v) is 4.19. The van der Waals surface area contributed by atoms with Gasteiger partial charge in [0.05, 0.1) is 22.7 Å². The maximum Gasteiger partial charge on any atom is 0.445 e. The Labute approximate surface area is 160 Å². The Morgan fingerprint density at radius 3 is 2.41 bits per heavy atom. The van der Waals surface area contributed by atoms with Gasteiger partial charge in [0.25, 0.3) is 0 Å². The summed E-state index contributed by atoms with van der Waals surface area (Å²) in [5.41, 5.74) is -3.95. The van der Waals surface area contributed by atoms with Crippen molar-refractivity contribution in [3.8, 4) is 0 Å². The number of benzene rings is 1. The molecular weight excluding hydrogens is 413 g/mol. The molecule has 0 aromatic heterocycles. The van der Waals surface area contributed by atoms with Crippen molar-refractivity contribution in [2.75, 3.05) is 7.11 Å². The van der Waals surface area contributed by atoms with Crippen molar-refractivity contribution in [1.82, 2.24) is 4.90 Å². The minimum Gasteiger partial charge on any atom is -0.465 e. The number of amidine groups is 2. The van der Waals surface area contributed by atoms with Crippen LogP contribution in [0.15, 0.2) is 56.6 Å². The fourth-order valence-corrected chi connectivity index (χ4v) is 3.00. The average molecular weight is 422 g/mol. The van der Waals surface area contributed by atoms with Crippen LogP contribution < -0.4 is 0 Å². The molecule has 0 N–H and O–H groups in total. The molecule has 0 spiro atoms. The fraction of sp³-hybridized carbons (Fsp3) is 0.188. The molecule has 0 amide bonds. The molecule has 0 unspecified atom stereocenters. The van der Waals surface area contributed by atoms with Crippen LogP contribution in [0.4, 0.5) is 17.6 Å². The molecule has 2 aliphatic heterocycles. The highest BCUT2D eigenvalue weighted by Gasteiger charge is 2.65. The lowest BCUT2D eigenvalue weighted by Gasteiger charge is -2.36. The van der Waals surface area contributed by atoms with Gasteiger partial charge >= 0.3 is 17.8 Å². The van der Waals surface area contributed by atoms with E-state index in [1.807, 2.05) is 0 Å². The Morgan fingerprint density at radius 2 is 1.81 bits per heavy atom. The van der Waals surface area contributed by atoms with Crippen LogP contribution in [0.25, 0.3) is 0 Å². The summed E-state index contributed by atoms with van der Waals surface area (Å²) in [6.45, 7) is 0. The number of rotatable bonds is 2. The number of alkyl halides is 3. The number of halogens is 6.